The topological polar surface area (TPSA) is 38.8 Å². The van der Waals surface area contributed by atoms with Gasteiger partial charge in [0.1, 0.15) is 6.54 Å². The first-order valence-electron chi connectivity index (χ1n) is 10.1. The van der Waals surface area contributed by atoms with E-state index in [1.54, 1.807) is 0 Å². The van der Waals surface area contributed by atoms with E-state index < -0.39 is 0 Å². The van der Waals surface area contributed by atoms with Gasteiger partial charge in [-0.05, 0) is 37.6 Å². The van der Waals surface area contributed by atoms with Crippen LogP contribution in [-0.2, 0) is 0 Å². The molecule has 1 fully saturated rings. The number of amidine groups is 1. The molecule has 1 atom stereocenters. The van der Waals surface area contributed by atoms with Crippen molar-refractivity contribution in [2.45, 2.75) is 20.3 Å². The molecule has 0 spiro atoms. The van der Waals surface area contributed by atoms with Crippen molar-refractivity contribution in [3.05, 3.63) is 36.7 Å². The minimum atomic E-state index is 0. The smallest absolute Gasteiger partial charge is 0.364 e. The average Bonchev–Trinajstić information content (AvgIpc) is 2.82. The van der Waals surface area contributed by atoms with E-state index in [-0.39, 0.29) is 12.4 Å². The molecule has 0 aliphatic carbocycles. The molecule has 2 aliphatic rings. The molecular formula is C21H37ClN6+2. The Morgan fingerprint density at radius 2 is 1.82 bits per heavy atom. The van der Waals surface area contributed by atoms with E-state index in [0.29, 0.717) is 0 Å². The zero-order valence-corrected chi connectivity index (χ0v) is 18.7. The van der Waals surface area contributed by atoms with Crippen LogP contribution in [0.5, 0.6) is 0 Å². The number of halogens is 1. The van der Waals surface area contributed by atoms with Crippen molar-refractivity contribution in [3.63, 3.8) is 0 Å². The summed E-state index contributed by atoms with van der Waals surface area (Å²) in [6, 6.07) is 8.29. The molecule has 2 N–H and O–H groups in total. The number of hydrogen-bond acceptors (Lipinski definition) is 4. The lowest BCUT2D eigenvalue weighted by atomic mass is 10.2. The van der Waals surface area contributed by atoms with Gasteiger partial charge in [-0.2, -0.15) is 0 Å². The maximum absolute atomic E-state index is 5.83. The Kier molecular flexibility index (Phi) is 7.89. The number of benzene rings is 1. The Morgan fingerprint density at radius 3 is 2.43 bits per heavy atom. The van der Waals surface area contributed by atoms with Crippen molar-refractivity contribution in [1.29, 1.82) is 0 Å². The van der Waals surface area contributed by atoms with Crippen molar-refractivity contribution in [2.75, 3.05) is 70.5 Å². The number of nitrogens with two attached hydrogens (primary N) is 1. The summed E-state index contributed by atoms with van der Waals surface area (Å²) in [5.41, 5.74) is 7.95. The average molecular weight is 409 g/mol. The molecule has 1 aromatic carbocycles. The van der Waals surface area contributed by atoms with Crippen LogP contribution in [0.3, 0.4) is 0 Å². The SMILES string of the molecule is CC[N+]1=C(C)[N+](CCN2CCCN(c3ccc(N)cc3)CC2)(N(C)C)C=C1.Cl. The number of nitrogen functional groups attached to an aromatic ring is 1. The predicted molar refractivity (Wildman–Crippen MR) is 121 cm³/mol. The molecule has 6 nitrogen and oxygen atoms in total. The van der Waals surface area contributed by atoms with E-state index in [1.165, 1.54) is 24.5 Å². The first kappa shape index (κ1) is 22.7. The third-order valence-corrected chi connectivity index (χ3v) is 6.13. The van der Waals surface area contributed by atoms with E-state index in [2.05, 4.69) is 71.9 Å². The predicted octanol–water partition coefficient (Wildman–Crippen LogP) is 2.43. The molecule has 0 bridgehead atoms. The van der Waals surface area contributed by atoms with Gasteiger partial charge in [0, 0.05) is 51.6 Å². The molecule has 1 saturated heterocycles. The standard InChI is InChI=1S/C21H36N6.ClH/c1-5-25-16-18-27(19(25)2,23(3)4)17-15-24-11-6-12-26(14-13-24)21-9-7-20(22)8-10-21;/h7-10,16,18H,5-6,11-15,17,22H2,1-4H3;1H/q+2;. The Hall–Kier alpha value is -1.60. The first-order valence-corrected chi connectivity index (χ1v) is 10.1. The monoisotopic (exact) mass is 408 g/mol. The summed E-state index contributed by atoms with van der Waals surface area (Å²) < 4.78 is 3.18. The zero-order valence-electron chi connectivity index (χ0n) is 17.8. The van der Waals surface area contributed by atoms with Crippen LogP contribution in [0.2, 0.25) is 0 Å². The van der Waals surface area contributed by atoms with Crippen LogP contribution in [0.1, 0.15) is 20.3 Å². The molecule has 1 aromatic rings. The number of rotatable bonds is 6. The second kappa shape index (κ2) is 9.74. The summed E-state index contributed by atoms with van der Waals surface area (Å²) >= 11 is 0. The molecule has 7 heteroatoms. The fourth-order valence-electron chi connectivity index (χ4n) is 4.25. The summed E-state index contributed by atoms with van der Waals surface area (Å²) in [7, 11) is 4.36. The fourth-order valence-corrected chi connectivity index (χ4v) is 4.25. The Balaban J connectivity index is 0.00000280. The third kappa shape index (κ3) is 4.69. The van der Waals surface area contributed by atoms with Crippen molar-refractivity contribution in [2.24, 2.45) is 0 Å². The van der Waals surface area contributed by atoms with Gasteiger partial charge in [-0.3, -0.25) is 4.90 Å². The molecule has 3 rings (SSSR count). The Bertz CT molecular complexity index is 699. The number of anilines is 2. The Morgan fingerprint density at radius 1 is 1.11 bits per heavy atom. The highest BCUT2D eigenvalue weighted by molar-refractivity contribution is 5.85. The van der Waals surface area contributed by atoms with Crippen molar-refractivity contribution < 1.29 is 9.17 Å². The van der Waals surface area contributed by atoms with Gasteiger partial charge in [-0.15, -0.1) is 26.6 Å². The highest BCUT2D eigenvalue weighted by Gasteiger charge is 2.43. The summed E-state index contributed by atoms with van der Waals surface area (Å²) in [6.07, 6.45) is 5.77. The number of hydrogen-bond donors (Lipinski definition) is 1. The van der Waals surface area contributed by atoms with E-state index in [9.17, 15) is 0 Å². The quantitative estimate of drug-likeness (QED) is 0.445. The zero-order chi connectivity index (χ0) is 19.4. The normalized spacial score (nSPS) is 23.2. The first-order chi connectivity index (χ1) is 13.0. The number of nitrogens with zero attached hydrogens (tertiary/aromatic N) is 5. The summed E-state index contributed by atoms with van der Waals surface area (Å²) in [6.45, 7) is 12.1. The minimum absolute atomic E-state index is 0. The molecule has 1 unspecified atom stereocenters. The minimum Gasteiger partial charge on any atom is -0.399 e. The van der Waals surface area contributed by atoms with Gasteiger partial charge < -0.3 is 10.6 Å². The van der Waals surface area contributed by atoms with E-state index in [1.807, 2.05) is 12.1 Å². The largest absolute Gasteiger partial charge is 0.399 e. The molecule has 156 valence electrons. The van der Waals surface area contributed by atoms with Crippen LogP contribution in [0.25, 0.3) is 0 Å². The van der Waals surface area contributed by atoms with Gasteiger partial charge >= 0.3 is 5.84 Å². The van der Waals surface area contributed by atoms with E-state index in [0.717, 1.165) is 49.5 Å². The van der Waals surface area contributed by atoms with Crippen LogP contribution in [0.15, 0.2) is 36.7 Å². The summed E-state index contributed by atoms with van der Waals surface area (Å²) in [4.78, 5) is 5.11. The van der Waals surface area contributed by atoms with E-state index >= 15 is 0 Å². The molecule has 0 radical (unpaired) electrons. The van der Waals surface area contributed by atoms with Gasteiger partial charge in [-0.25, -0.2) is 0 Å². The second-order valence-corrected chi connectivity index (χ2v) is 7.80. The van der Waals surface area contributed by atoms with Crippen molar-refractivity contribution >= 4 is 29.6 Å². The lowest BCUT2D eigenvalue weighted by Crippen LogP contribution is -2.58. The van der Waals surface area contributed by atoms with Crippen LogP contribution < -0.4 is 10.6 Å². The van der Waals surface area contributed by atoms with E-state index in [4.69, 9.17) is 5.73 Å². The van der Waals surface area contributed by atoms with Crippen LogP contribution >= 0.6 is 12.4 Å². The van der Waals surface area contributed by atoms with Gasteiger partial charge in [0.25, 0.3) is 0 Å². The van der Waals surface area contributed by atoms with Crippen LogP contribution in [-0.4, -0.2) is 84.8 Å². The lowest BCUT2D eigenvalue weighted by Gasteiger charge is -2.34. The van der Waals surface area contributed by atoms with Gasteiger partial charge in [0.15, 0.2) is 12.7 Å². The molecule has 2 heterocycles. The van der Waals surface area contributed by atoms with Crippen molar-refractivity contribution in [3.8, 4) is 0 Å². The maximum Gasteiger partial charge on any atom is 0.364 e. The molecule has 0 amide bonds. The third-order valence-electron chi connectivity index (χ3n) is 6.13. The molecule has 28 heavy (non-hydrogen) atoms. The van der Waals surface area contributed by atoms with Gasteiger partial charge in [0.05, 0.1) is 13.5 Å². The van der Waals surface area contributed by atoms with Gasteiger partial charge in [-0.1, -0.05) is 0 Å². The molecule has 0 aromatic heterocycles. The van der Waals surface area contributed by atoms with Crippen molar-refractivity contribution in [1.82, 2.24) is 9.91 Å². The molecule has 0 saturated carbocycles. The van der Waals surface area contributed by atoms with Crippen LogP contribution in [0.4, 0.5) is 11.4 Å². The number of quaternary nitrogens is 1. The fraction of sp³-hybridized carbons (Fsp3) is 0.571. The Labute approximate surface area is 176 Å². The molecule has 2 aliphatic heterocycles. The lowest BCUT2D eigenvalue weighted by molar-refractivity contribution is -0.913. The summed E-state index contributed by atoms with van der Waals surface area (Å²) in [5, 5.41) is 2.32. The second-order valence-electron chi connectivity index (χ2n) is 7.80. The van der Waals surface area contributed by atoms with Gasteiger partial charge in [0.2, 0.25) is 6.20 Å². The molecular weight excluding hydrogens is 372 g/mol. The maximum atomic E-state index is 5.83. The highest BCUT2D eigenvalue weighted by Crippen LogP contribution is 2.21. The summed E-state index contributed by atoms with van der Waals surface area (Å²) in [5.74, 6) is 1.39. The highest BCUT2D eigenvalue weighted by atomic mass is 35.5. The van der Waals surface area contributed by atoms with Crippen LogP contribution in [0, 0.1) is 0 Å².